The molecule has 0 saturated heterocycles. The summed E-state index contributed by atoms with van der Waals surface area (Å²) in [6.45, 7) is 0.341. The van der Waals surface area contributed by atoms with Gasteiger partial charge in [-0.25, -0.2) is 0 Å². The van der Waals surface area contributed by atoms with Gasteiger partial charge in [0.2, 0.25) is 6.79 Å². The second-order valence-electron chi connectivity index (χ2n) is 2.50. The summed E-state index contributed by atoms with van der Waals surface area (Å²) in [4.78, 5) is 0. The Hall–Kier alpha value is -0.830. The first-order chi connectivity index (χ1) is 5.92. The summed E-state index contributed by atoms with van der Waals surface area (Å²) in [5, 5.41) is 0. The maximum absolute atomic E-state index is 5.32. The highest BCUT2D eigenvalue weighted by Crippen LogP contribution is 2.36. The van der Waals surface area contributed by atoms with Gasteiger partial charge in [0.05, 0.1) is 0 Å². The molecule has 1 heterocycles. The van der Waals surface area contributed by atoms with Gasteiger partial charge in [0.1, 0.15) is 0 Å². The maximum Gasteiger partial charge on any atom is 0.231 e. The maximum atomic E-state index is 5.32. The van der Waals surface area contributed by atoms with Crippen LogP contribution in [-0.2, 0) is 5.75 Å². The van der Waals surface area contributed by atoms with E-state index < -0.39 is 0 Å². The lowest BCUT2D eigenvalue weighted by Gasteiger charge is -2.02. The fraction of sp³-hybridized carbons (Fsp3) is 0.222. The van der Waals surface area contributed by atoms with Crippen molar-refractivity contribution in [3.8, 4) is 11.5 Å². The van der Waals surface area contributed by atoms with E-state index in [2.05, 4.69) is 6.26 Å². The number of fused-ring (bicyclic) bond motifs is 1. The fourth-order valence-corrected chi connectivity index (χ4v) is 1.66. The number of benzene rings is 1. The number of para-hydroxylation sites is 1. The van der Waals surface area contributed by atoms with E-state index in [1.807, 2.05) is 18.2 Å². The van der Waals surface area contributed by atoms with Crippen molar-refractivity contribution in [2.24, 2.45) is 0 Å². The minimum Gasteiger partial charge on any atom is -0.454 e. The van der Waals surface area contributed by atoms with Gasteiger partial charge < -0.3 is 9.47 Å². The summed E-state index contributed by atoms with van der Waals surface area (Å²) in [7, 11) is 0. The lowest BCUT2D eigenvalue weighted by molar-refractivity contribution is 0.173. The molecule has 3 heteroatoms. The quantitative estimate of drug-likeness (QED) is 0.698. The third kappa shape index (κ3) is 1.25. The Morgan fingerprint density at radius 1 is 1.42 bits per heavy atom. The van der Waals surface area contributed by atoms with Gasteiger partial charge in [-0.2, -0.15) is 11.8 Å². The molecule has 12 heavy (non-hydrogen) atoms. The normalized spacial score (nSPS) is 13.4. The van der Waals surface area contributed by atoms with Crippen LogP contribution in [0, 0.1) is 6.26 Å². The predicted octanol–water partition coefficient (Wildman–Crippen LogP) is 2.44. The second-order valence-corrected chi connectivity index (χ2v) is 3.20. The standard InChI is InChI=1S/C9H9O2S/c1-12-5-7-3-2-4-8-9(7)11-6-10-8/h2-4H,1,5-6H2. The molecule has 1 aromatic carbocycles. The molecule has 0 unspecified atom stereocenters. The molecule has 2 nitrogen and oxygen atoms in total. The molecule has 2 rings (SSSR count). The highest BCUT2D eigenvalue weighted by Gasteiger charge is 2.15. The fourth-order valence-electron chi connectivity index (χ4n) is 1.21. The van der Waals surface area contributed by atoms with Gasteiger partial charge in [0, 0.05) is 17.6 Å². The van der Waals surface area contributed by atoms with Crippen molar-refractivity contribution in [3.63, 3.8) is 0 Å². The van der Waals surface area contributed by atoms with Crippen molar-refractivity contribution in [2.75, 3.05) is 6.79 Å². The van der Waals surface area contributed by atoms with Crippen LogP contribution in [-0.4, -0.2) is 6.79 Å². The average molecular weight is 181 g/mol. The molecule has 0 bridgehead atoms. The van der Waals surface area contributed by atoms with Gasteiger partial charge in [0.15, 0.2) is 11.5 Å². The Bertz CT molecular complexity index is 286. The summed E-state index contributed by atoms with van der Waals surface area (Å²) in [6, 6.07) is 5.92. The van der Waals surface area contributed by atoms with E-state index in [0.717, 1.165) is 22.8 Å². The molecule has 0 fully saturated rings. The zero-order chi connectivity index (χ0) is 8.39. The summed E-state index contributed by atoms with van der Waals surface area (Å²) in [6.07, 6.45) is 3.73. The number of hydrogen-bond donors (Lipinski definition) is 0. The van der Waals surface area contributed by atoms with Crippen LogP contribution in [0.1, 0.15) is 5.56 Å². The van der Waals surface area contributed by atoms with Gasteiger partial charge in [-0.1, -0.05) is 12.1 Å². The average Bonchev–Trinajstić information content (AvgIpc) is 2.53. The number of rotatable bonds is 2. The van der Waals surface area contributed by atoms with Crippen molar-refractivity contribution in [1.82, 2.24) is 0 Å². The molecule has 0 N–H and O–H groups in total. The van der Waals surface area contributed by atoms with E-state index in [1.54, 1.807) is 0 Å². The Morgan fingerprint density at radius 3 is 3.17 bits per heavy atom. The highest BCUT2D eigenvalue weighted by molar-refractivity contribution is 7.99. The van der Waals surface area contributed by atoms with Crippen molar-refractivity contribution < 1.29 is 9.47 Å². The number of thioether (sulfide) groups is 1. The van der Waals surface area contributed by atoms with Crippen LogP contribution < -0.4 is 9.47 Å². The first kappa shape index (κ1) is 7.80. The first-order valence-electron chi connectivity index (χ1n) is 3.66. The summed E-state index contributed by atoms with van der Waals surface area (Å²) in [5.74, 6) is 2.60. The molecule has 0 aromatic heterocycles. The molecular formula is C9H9O2S. The number of ether oxygens (including phenoxy) is 2. The first-order valence-corrected chi connectivity index (χ1v) is 4.82. The molecule has 1 aliphatic rings. The van der Waals surface area contributed by atoms with Gasteiger partial charge in [0.25, 0.3) is 0 Å². The van der Waals surface area contributed by atoms with Crippen LogP contribution in [0.3, 0.4) is 0 Å². The van der Waals surface area contributed by atoms with Gasteiger partial charge in [-0.05, 0) is 6.07 Å². The van der Waals surface area contributed by atoms with Gasteiger partial charge in [-0.15, -0.1) is 0 Å². The summed E-state index contributed by atoms with van der Waals surface area (Å²) in [5.41, 5.74) is 1.16. The minimum absolute atomic E-state index is 0.341. The van der Waals surface area contributed by atoms with E-state index in [-0.39, 0.29) is 0 Å². The molecule has 0 amide bonds. The third-order valence-corrected chi connectivity index (χ3v) is 2.25. The Balaban J connectivity index is 2.36. The topological polar surface area (TPSA) is 18.5 Å². The molecule has 1 aromatic rings. The monoisotopic (exact) mass is 181 g/mol. The molecule has 1 radical (unpaired) electrons. The summed E-state index contributed by atoms with van der Waals surface area (Å²) < 4.78 is 10.6. The van der Waals surface area contributed by atoms with Gasteiger partial charge >= 0.3 is 0 Å². The minimum atomic E-state index is 0.341. The molecule has 0 saturated carbocycles. The molecule has 0 spiro atoms. The summed E-state index contributed by atoms with van der Waals surface area (Å²) >= 11 is 1.54. The second kappa shape index (κ2) is 3.27. The molecular weight excluding hydrogens is 172 g/mol. The van der Waals surface area contributed by atoms with E-state index in [1.165, 1.54) is 11.8 Å². The smallest absolute Gasteiger partial charge is 0.231 e. The number of hydrogen-bond acceptors (Lipinski definition) is 3. The Kier molecular flexibility index (Phi) is 2.13. The SMILES string of the molecule is [CH2]SCc1cccc2c1OCO2. The Morgan fingerprint density at radius 2 is 2.33 bits per heavy atom. The molecule has 0 atom stereocenters. The van der Waals surface area contributed by atoms with Crippen LogP contribution in [0.2, 0.25) is 0 Å². The lowest BCUT2D eigenvalue weighted by atomic mass is 10.2. The largest absolute Gasteiger partial charge is 0.454 e. The van der Waals surface area contributed by atoms with Crippen LogP contribution in [0.15, 0.2) is 18.2 Å². The van der Waals surface area contributed by atoms with Crippen molar-refractivity contribution in [3.05, 3.63) is 30.0 Å². The molecule has 0 aliphatic carbocycles. The van der Waals surface area contributed by atoms with Crippen LogP contribution in [0.4, 0.5) is 0 Å². The van der Waals surface area contributed by atoms with Crippen LogP contribution >= 0.6 is 11.8 Å². The van der Waals surface area contributed by atoms with E-state index in [9.17, 15) is 0 Å². The third-order valence-electron chi connectivity index (χ3n) is 1.74. The van der Waals surface area contributed by atoms with Crippen LogP contribution in [0.25, 0.3) is 0 Å². The van der Waals surface area contributed by atoms with E-state index in [4.69, 9.17) is 9.47 Å². The zero-order valence-electron chi connectivity index (χ0n) is 6.58. The highest BCUT2D eigenvalue weighted by atomic mass is 32.2. The van der Waals surface area contributed by atoms with E-state index >= 15 is 0 Å². The molecule has 63 valence electrons. The van der Waals surface area contributed by atoms with Crippen LogP contribution in [0.5, 0.6) is 11.5 Å². The van der Waals surface area contributed by atoms with Crippen molar-refractivity contribution in [2.45, 2.75) is 5.75 Å². The lowest BCUT2D eigenvalue weighted by Crippen LogP contribution is -1.94. The van der Waals surface area contributed by atoms with E-state index in [0.29, 0.717) is 6.79 Å². The van der Waals surface area contributed by atoms with Crippen molar-refractivity contribution >= 4 is 11.8 Å². The van der Waals surface area contributed by atoms with Crippen molar-refractivity contribution in [1.29, 1.82) is 0 Å². The Labute approximate surface area is 75.9 Å². The van der Waals surface area contributed by atoms with Gasteiger partial charge in [-0.3, -0.25) is 0 Å². The molecule has 1 aliphatic heterocycles. The predicted molar refractivity (Wildman–Crippen MR) is 49.2 cm³/mol. The zero-order valence-corrected chi connectivity index (χ0v) is 7.39.